The van der Waals surface area contributed by atoms with E-state index < -0.39 is 11.0 Å². The highest BCUT2D eigenvalue weighted by Crippen LogP contribution is 2.37. The van der Waals surface area contributed by atoms with Gasteiger partial charge in [-0.15, -0.1) is 12.6 Å². The number of rotatable bonds is 2. The fourth-order valence-corrected chi connectivity index (χ4v) is 1.89. The Labute approximate surface area is 90.9 Å². The molecule has 1 aromatic carbocycles. The van der Waals surface area contributed by atoms with Crippen LogP contribution < -0.4 is 10.6 Å². The molecule has 0 aliphatic carbocycles. The molecule has 80 valence electrons. The number of benzene rings is 1. The maximum atomic E-state index is 12.9. The van der Waals surface area contributed by atoms with Gasteiger partial charge in [0.1, 0.15) is 5.82 Å². The van der Waals surface area contributed by atoms with Gasteiger partial charge in [-0.1, -0.05) is 0 Å². The van der Waals surface area contributed by atoms with Crippen LogP contribution in [0.4, 0.5) is 15.8 Å². The van der Waals surface area contributed by atoms with Crippen molar-refractivity contribution in [2.24, 2.45) is 0 Å². The van der Waals surface area contributed by atoms with E-state index in [-0.39, 0.29) is 12.2 Å². The van der Waals surface area contributed by atoms with Crippen molar-refractivity contribution in [3.63, 3.8) is 0 Å². The topological polar surface area (TPSA) is 61.4 Å². The van der Waals surface area contributed by atoms with Crippen molar-refractivity contribution in [3.05, 3.63) is 24.0 Å². The molecule has 1 unspecified atom stereocenters. The monoisotopic (exact) mass is 228 g/mol. The molecule has 1 heterocycles. The molecule has 1 aliphatic heterocycles. The van der Waals surface area contributed by atoms with Crippen LogP contribution in [0.25, 0.3) is 0 Å². The minimum atomic E-state index is -1.05. The van der Waals surface area contributed by atoms with E-state index in [9.17, 15) is 9.18 Å². The Kier molecular flexibility index (Phi) is 2.22. The van der Waals surface area contributed by atoms with Crippen LogP contribution >= 0.6 is 12.6 Å². The molecule has 1 atom stereocenters. The van der Waals surface area contributed by atoms with Gasteiger partial charge in [-0.05, 0) is 18.2 Å². The number of anilines is 2. The summed E-state index contributed by atoms with van der Waals surface area (Å²) in [4.78, 5) is 9.52. The van der Waals surface area contributed by atoms with Crippen LogP contribution in [0.15, 0.2) is 18.2 Å². The summed E-state index contributed by atoms with van der Waals surface area (Å²) >= 11 is 4.17. The summed E-state index contributed by atoms with van der Waals surface area (Å²) in [6.45, 7) is 0. The summed E-state index contributed by atoms with van der Waals surface area (Å²) in [5.41, 5.74) is 1.17. The van der Waals surface area contributed by atoms with Crippen LogP contribution in [0.3, 0.4) is 0 Å². The molecule has 0 aromatic heterocycles. The second-order valence-corrected chi connectivity index (χ2v) is 4.13. The highest BCUT2D eigenvalue weighted by Gasteiger charge is 2.34. The molecule has 1 aliphatic rings. The molecule has 6 heteroatoms. The first-order valence-corrected chi connectivity index (χ1v) is 4.73. The molecule has 0 bridgehead atoms. The summed E-state index contributed by atoms with van der Waals surface area (Å²) in [6, 6.07) is 4.13. The van der Waals surface area contributed by atoms with Crippen LogP contribution in [0.1, 0.15) is 6.42 Å². The van der Waals surface area contributed by atoms with Crippen molar-refractivity contribution in [2.45, 2.75) is 11.4 Å². The molecule has 2 rings (SSSR count). The first-order chi connectivity index (χ1) is 6.98. The standard InChI is InChI=1S/C9H9FN2O2S/c10-5-1-2-6-7(3-5)12-9(15,11-6)4-8(13)14/h1-3,11-12,15H,4H2,(H,13,14). The third-order valence-electron chi connectivity index (χ3n) is 2.07. The van der Waals surface area contributed by atoms with Gasteiger partial charge in [0.2, 0.25) is 0 Å². The van der Waals surface area contributed by atoms with Crippen molar-refractivity contribution in [1.82, 2.24) is 0 Å². The highest BCUT2D eigenvalue weighted by molar-refractivity contribution is 7.82. The average molecular weight is 228 g/mol. The number of carboxylic acid groups (broad SMARTS) is 1. The summed E-state index contributed by atoms with van der Waals surface area (Å²) < 4.78 is 12.9. The molecular formula is C9H9FN2O2S. The molecule has 0 radical (unpaired) electrons. The number of nitrogens with one attached hydrogen (secondary N) is 2. The SMILES string of the molecule is O=C(O)CC1(S)Nc2ccc(F)cc2N1. The smallest absolute Gasteiger partial charge is 0.308 e. The normalized spacial score (nSPS) is 22.8. The van der Waals surface area contributed by atoms with Gasteiger partial charge in [-0.25, -0.2) is 4.39 Å². The number of carboxylic acids is 1. The van der Waals surface area contributed by atoms with Crippen LogP contribution in [-0.2, 0) is 4.79 Å². The van der Waals surface area contributed by atoms with E-state index in [1.807, 2.05) is 0 Å². The van der Waals surface area contributed by atoms with Gasteiger partial charge in [0.05, 0.1) is 17.8 Å². The Hall–Kier alpha value is -1.43. The number of aliphatic carboxylic acids is 1. The lowest BCUT2D eigenvalue weighted by Crippen LogP contribution is -2.37. The molecule has 3 N–H and O–H groups in total. The van der Waals surface area contributed by atoms with Gasteiger partial charge in [0, 0.05) is 0 Å². The minimum Gasteiger partial charge on any atom is -0.481 e. The number of fused-ring (bicyclic) bond motifs is 1. The van der Waals surface area contributed by atoms with Crippen LogP contribution in [0.5, 0.6) is 0 Å². The summed E-state index contributed by atoms with van der Waals surface area (Å²) in [5, 5.41) is 14.4. The van der Waals surface area contributed by atoms with Crippen molar-refractivity contribution in [2.75, 3.05) is 10.6 Å². The first-order valence-electron chi connectivity index (χ1n) is 4.29. The number of hydrogen-bond donors (Lipinski definition) is 4. The number of halogens is 1. The van der Waals surface area contributed by atoms with Crippen molar-refractivity contribution < 1.29 is 14.3 Å². The van der Waals surface area contributed by atoms with Crippen LogP contribution in [0, 0.1) is 5.82 Å². The van der Waals surface area contributed by atoms with E-state index in [0.717, 1.165) is 0 Å². The van der Waals surface area contributed by atoms with E-state index in [0.29, 0.717) is 11.4 Å². The zero-order valence-corrected chi connectivity index (χ0v) is 8.51. The van der Waals surface area contributed by atoms with Crippen LogP contribution in [-0.4, -0.2) is 16.1 Å². The van der Waals surface area contributed by atoms with Gasteiger partial charge in [-0.3, -0.25) is 4.79 Å². The fraction of sp³-hybridized carbons (Fsp3) is 0.222. The summed E-state index contributed by atoms with van der Waals surface area (Å²) in [6.07, 6.45) is -0.216. The Morgan fingerprint density at radius 1 is 1.47 bits per heavy atom. The average Bonchev–Trinajstić information content (AvgIpc) is 2.38. The molecule has 0 fully saturated rings. The van der Waals surface area contributed by atoms with E-state index in [2.05, 4.69) is 23.3 Å². The van der Waals surface area contributed by atoms with E-state index >= 15 is 0 Å². The second kappa shape index (κ2) is 3.30. The Morgan fingerprint density at radius 3 is 2.80 bits per heavy atom. The molecule has 0 saturated heterocycles. The zero-order valence-electron chi connectivity index (χ0n) is 7.62. The molecule has 15 heavy (non-hydrogen) atoms. The van der Waals surface area contributed by atoms with Gasteiger partial charge >= 0.3 is 5.97 Å². The third-order valence-corrected chi connectivity index (χ3v) is 2.45. The van der Waals surface area contributed by atoms with E-state index in [1.54, 1.807) is 0 Å². The Balaban J connectivity index is 2.24. The molecule has 0 spiro atoms. The van der Waals surface area contributed by atoms with Crippen molar-refractivity contribution in [3.8, 4) is 0 Å². The first kappa shape index (κ1) is 10.1. The predicted octanol–water partition coefficient (Wildman–Crippen LogP) is 1.72. The van der Waals surface area contributed by atoms with Gasteiger partial charge in [0.15, 0.2) is 4.99 Å². The lowest BCUT2D eigenvalue weighted by molar-refractivity contribution is -0.137. The predicted molar refractivity (Wildman–Crippen MR) is 57.6 cm³/mol. The molecule has 4 nitrogen and oxygen atoms in total. The van der Waals surface area contributed by atoms with E-state index in [1.165, 1.54) is 18.2 Å². The lowest BCUT2D eigenvalue weighted by Gasteiger charge is -2.22. The highest BCUT2D eigenvalue weighted by atomic mass is 32.1. The fourth-order valence-electron chi connectivity index (χ4n) is 1.51. The molecule has 0 amide bonds. The maximum absolute atomic E-state index is 12.9. The zero-order chi connectivity index (χ0) is 11.1. The van der Waals surface area contributed by atoms with Gasteiger partial charge in [0.25, 0.3) is 0 Å². The number of hydrogen-bond acceptors (Lipinski definition) is 4. The summed E-state index contributed by atoms with van der Waals surface area (Å²) in [5.74, 6) is -1.37. The van der Waals surface area contributed by atoms with Crippen molar-refractivity contribution >= 4 is 30.0 Å². The Bertz CT molecular complexity index is 427. The van der Waals surface area contributed by atoms with Gasteiger partial charge in [-0.2, -0.15) is 0 Å². The Morgan fingerprint density at radius 2 is 2.13 bits per heavy atom. The second-order valence-electron chi connectivity index (χ2n) is 3.37. The molecule has 1 aromatic rings. The molecule has 0 saturated carbocycles. The minimum absolute atomic E-state index is 0.216. The molecular weight excluding hydrogens is 219 g/mol. The quantitative estimate of drug-likeness (QED) is 0.582. The third kappa shape index (κ3) is 1.99. The lowest BCUT2D eigenvalue weighted by atomic mass is 10.3. The number of thiol groups is 1. The van der Waals surface area contributed by atoms with Crippen molar-refractivity contribution in [1.29, 1.82) is 0 Å². The number of carbonyl (C=O) groups is 1. The van der Waals surface area contributed by atoms with E-state index in [4.69, 9.17) is 5.11 Å². The largest absolute Gasteiger partial charge is 0.481 e. The maximum Gasteiger partial charge on any atom is 0.308 e. The van der Waals surface area contributed by atoms with Crippen LogP contribution in [0.2, 0.25) is 0 Å². The van der Waals surface area contributed by atoms with Gasteiger partial charge < -0.3 is 15.7 Å². The summed E-state index contributed by atoms with van der Waals surface area (Å²) in [7, 11) is 0.